The zero-order valence-electron chi connectivity index (χ0n) is 8.95. The minimum atomic E-state index is -0.604. The first-order chi connectivity index (χ1) is 7.27. The van der Waals surface area contributed by atoms with Crippen LogP contribution in [0.15, 0.2) is 11.6 Å². The molecule has 0 unspecified atom stereocenters. The van der Waals surface area contributed by atoms with Gasteiger partial charge in [0.05, 0.1) is 19.8 Å². The summed E-state index contributed by atoms with van der Waals surface area (Å²) in [7, 11) is 0. The fourth-order valence-corrected chi connectivity index (χ4v) is 2.16. The summed E-state index contributed by atoms with van der Waals surface area (Å²) in [6.07, 6.45) is 4.24. The first-order valence-electron chi connectivity index (χ1n) is 5.42. The van der Waals surface area contributed by atoms with Gasteiger partial charge in [0.25, 0.3) is 0 Å². The lowest BCUT2D eigenvalue weighted by atomic mass is 10.1. The van der Waals surface area contributed by atoms with E-state index in [9.17, 15) is 4.79 Å². The first kappa shape index (κ1) is 10.6. The normalized spacial score (nSPS) is 26.3. The third-order valence-corrected chi connectivity index (χ3v) is 2.77. The molecular weight excluding hydrogens is 196 g/mol. The van der Waals surface area contributed by atoms with Crippen LogP contribution in [0.25, 0.3) is 0 Å². The maximum atomic E-state index is 11.3. The first-order valence-corrected chi connectivity index (χ1v) is 5.42. The van der Waals surface area contributed by atoms with Gasteiger partial charge in [-0.3, -0.25) is 0 Å². The standard InChI is InChI=1S/C11H16O4/c1-2-13-10(12)8-9-4-3-5-11(9)14-6-7-15-11/h8H,2-7H2,1H3/b9-8+. The van der Waals surface area contributed by atoms with Gasteiger partial charge in [0.1, 0.15) is 0 Å². The van der Waals surface area contributed by atoms with Gasteiger partial charge < -0.3 is 14.2 Å². The molecule has 0 bridgehead atoms. The highest BCUT2D eigenvalue weighted by Crippen LogP contribution is 2.41. The second-order valence-corrected chi connectivity index (χ2v) is 3.73. The molecule has 1 heterocycles. The number of esters is 1. The zero-order chi connectivity index (χ0) is 10.7. The Bertz CT molecular complexity index is 271. The van der Waals surface area contributed by atoms with Crippen LogP contribution in [-0.2, 0) is 19.0 Å². The monoisotopic (exact) mass is 212 g/mol. The van der Waals surface area contributed by atoms with Crippen LogP contribution in [0.4, 0.5) is 0 Å². The van der Waals surface area contributed by atoms with Crippen molar-refractivity contribution in [3.05, 3.63) is 11.6 Å². The molecule has 0 amide bonds. The van der Waals surface area contributed by atoms with E-state index in [4.69, 9.17) is 14.2 Å². The lowest BCUT2D eigenvalue weighted by molar-refractivity contribution is -0.139. The van der Waals surface area contributed by atoms with Crippen molar-refractivity contribution in [3.8, 4) is 0 Å². The molecule has 15 heavy (non-hydrogen) atoms. The number of ether oxygens (including phenoxy) is 3. The maximum absolute atomic E-state index is 11.3. The van der Waals surface area contributed by atoms with Crippen molar-refractivity contribution >= 4 is 5.97 Å². The molecule has 1 aliphatic carbocycles. The zero-order valence-corrected chi connectivity index (χ0v) is 8.95. The summed E-state index contributed by atoms with van der Waals surface area (Å²) in [5, 5.41) is 0. The SMILES string of the molecule is CCOC(=O)/C=C1\CCCC12OCCO2. The van der Waals surface area contributed by atoms with E-state index in [1.165, 1.54) is 6.08 Å². The van der Waals surface area contributed by atoms with Gasteiger partial charge in [-0.25, -0.2) is 4.79 Å². The second kappa shape index (κ2) is 4.33. The highest BCUT2D eigenvalue weighted by molar-refractivity contribution is 5.83. The van der Waals surface area contributed by atoms with Crippen LogP contribution in [0.3, 0.4) is 0 Å². The van der Waals surface area contributed by atoms with E-state index in [2.05, 4.69) is 0 Å². The van der Waals surface area contributed by atoms with E-state index in [-0.39, 0.29) is 5.97 Å². The van der Waals surface area contributed by atoms with Gasteiger partial charge >= 0.3 is 5.97 Å². The van der Waals surface area contributed by atoms with Crippen molar-refractivity contribution in [1.29, 1.82) is 0 Å². The lowest BCUT2D eigenvalue weighted by Gasteiger charge is -2.23. The summed E-state index contributed by atoms with van der Waals surface area (Å²) in [6, 6.07) is 0. The Morgan fingerprint density at radius 3 is 2.93 bits per heavy atom. The van der Waals surface area contributed by atoms with Gasteiger partial charge in [0.2, 0.25) is 0 Å². The Balaban J connectivity index is 2.10. The highest BCUT2D eigenvalue weighted by atomic mass is 16.7. The van der Waals surface area contributed by atoms with Gasteiger partial charge in [-0.2, -0.15) is 0 Å². The molecule has 2 aliphatic rings. The van der Waals surface area contributed by atoms with E-state index in [0.717, 1.165) is 24.8 Å². The third kappa shape index (κ3) is 2.06. The van der Waals surface area contributed by atoms with Crippen LogP contribution in [0.1, 0.15) is 26.2 Å². The number of rotatable bonds is 2. The molecule has 0 atom stereocenters. The van der Waals surface area contributed by atoms with Gasteiger partial charge in [0, 0.05) is 12.5 Å². The van der Waals surface area contributed by atoms with Crippen molar-refractivity contribution in [2.45, 2.75) is 32.0 Å². The molecule has 1 spiro atoms. The summed E-state index contributed by atoms with van der Waals surface area (Å²) >= 11 is 0. The van der Waals surface area contributed by atoms with Gasteiger partial charge in [-0.05, 0) is 25.3 Å². The largest absolute Gasteiger partial charge is 0.463 e. The molecule has 0 aromatic carbocycles. The Labute approximate surface area is 89.2 Å². The van der Waals surface area contributed by atoms with Crippen molar-refractivity contribution in [1.82, 2.24) is 0 Å². The quantitative estimate of drug-likeness (QED) is 0.512. The van der Waals surface area contributed by atoms with Crippen LogP contribution in [-0.4, -0.2) is 31.6 Å². The van der Waals surface area contributed by atoms with Gasteiger partial charge in [-0.15, -0.1) is 0 Å². The Kier molecular flexibility index (Phi) is 3.07. The van der Waals surface area contributed by atoms with Crippen molar-refractivity contribution in [2.24, 2.45) is 0 Å². The minimum Gasteiger partial charge on any atom is -0.463 e. The predicted octanol–water partition coefficient (Wildman–Crippen LogP) is 1.40. The summed E-state index contributed by atoms with van der Waals surface area (Å²) in [6.45, 7) is 3.42. The van der Waals surface area contributed by atoms with E-state index in [1.54, 1.807) is 6.92 Å². The van der Waals surface area contributed by atoms with Crippen LogP contribution >= 0.6 is 0 Å². The van der Waals surface area contributed by atoms with E-state index in [1.807, 2.05) is 0 Å². The molecule has 2 rings (SSSR count). The van der Waals surface area contributed by atoms with E-state index >= 15 is 0 Å². The second-order valence-electron chi connectivity index (χ2n) is 3.73. The van der Waals surface area contributed by atoms with Gasteiger partial charge in [0.15, 0.2) is 5.79 Å². The van der Waals surface area contributed by atoms with Crippen molar-refractivity contribution in [2.75, 3.05) is 19.8 Å². The topological polar surface area (TPSA) is 44.8 Å². The minimum absolute atomic E-state index is 0.298. The van der Waals surface area contributed by atoms with E-state index in [0.29, 0.717) is 19.8 Å². The smallest absolute Gasteiger partial charge is 0.330 e. The molecule has 4 heteroatoms. The molecule has 4 nitrogen and oxygen atoms in total. The molecule has 0 aromatic heterocycles. The molecular formula is C11H16O4. The Morgan fingerprint density at radius 2 is 2.27 bits per heavy atom. The number of carbonyl (C=O) groups excluding carboxylic acids is 1. The highest BCUT2D eigenvalue weighted by Gasteiger charge is 2.44. The predicted molar refractivity (Wildman–Crippen MR) is 53.2 cm³/mol. The molecule has 2 fully saturated rings. The molecule has 1 aliphatic heterocycles. The number of carbonyl (C=O) groups is 1. The Hall–Kier alpha value is -0.870. The molecule has 1 saturated carbocycles. The van der Waals surface area contributed by atoms with E-state index < -0.39 is 5.79 Å². The maximum Gasteiger partial charge on any atom is 0.330 e. The Morgan fingerprint density at radius 1 is 1.53 bits per heavy atom. The fraction of sp³-hybridized carbons (Fsp3) is 0.727. The number of hydrogen-bond donors (Lipinski definition) is 0. The third-order valence-electron chi connectivity index (χ3n) is 2.77. The summed E-state index contributed by atoms with van der Waals surface area (Å²) in [4.78, 5) is 11.3. The molecule has 0 radical (unpaired) electrons. The van der Waals surface area contributed by atoms with Crippen molar-refractivity contribution in [3.63, 3.8) is 0 Å². The summed E-state index contributed by atoms with van der Waals surface area (Å²) in [5.74, 6) is -0.903. The van der Waals surface area contributed by atoms with Crippen LogP contribution < -0.4 is 0 Å². The molecule has 1 saturated heterocycles. The average molecular weight is 212 g/mol. The lowest BCUT2D eigenvalue weighted by Crippen LogP contribution is -2.28. The molecule has 84 valence electrons. The molecule has 0 aromatic rings. The van der Waals surface area contributed by atoms with Crippen molar-refractivity contribution < 1.29 is 19.0 Å². The average Bonchev–Trinajstić information content (AvgIpc) is 2.80. The van der Waals surface area contributed by atoms with Crippen LogP contribution in [0.2, 0.25) is 0 Å². The summed E-state index contributed by atoms with van der Waals surface area (Å²) in [5.41, 5.74) is 0.929. The summed E-state index contributed by atoms with van der Waals surface area (Å²) < 4.78 is 16.1. The molecule has 0 N–H and O–H groups in total. The van der Waals surface area contributed by atoms with Gasteiger partial charge in [-0.1, -0.05) is 0 Å². The van der Waals surface area contributed by atoms with Crippen LogP contribution in [0, 0.1) is 0 Å². The number of hydrogen-bond acceptors (Lipinski definition) is 4. The van der Waals surface area contributed by atoms with Crippen LogP contribution in [0.5, 0.6) is 0 Å². The fourth-order valence-electron chi connectivity index (χ4n) is 2.16.